The summed E-state index contributed by atoms with van der Waals surface area (Å²) in [7, 11) is 1.66. The van der Waals surface area contributed by atoms with Gasteiger partial charge < -0.3 is 19.9 Å². The van der Waals surface area contributed by atoms with E-state index in [-0.39, 0.29) is 5.56 Å². The molecule has 7 nitrogen and oxygen atoms in total. The van der Waals surface area contributed by atoms with Crippen LogP contribution in [-0.4, -0.2) is 41.3 Å². The number of aromatic nitrogens is 2. The second-order valence-corrected chi connectivity index (χ2v) is 9.14. The Labute approximate surface area is 206 Å². The average molecular weight is 498 g/mol. The maximum absolute atomic E-state index is 11.4. The van der Waals surface area contributed by atoms with E-state index < -0.39 is 5.97 Å². The number of carbonyl (C=O) groups is 1. The van der Waals surface area contributed by atoms with Gasteiger partial charge in [-0.2, -0.15) is 0 Å². The summed E-state index contributed by atoms with van der Waals surface area (Å²) in [5.74, 6) is 0.778. The van der Waals surface area contributed by atoms with E-state index >= 15 is 0 Å². The van der Waals surface area contributed by atoms with Gasteiger partial charge >= 0.3 is 5.97 Å². The molecule has 4 rings (SSSR count). The fourth-order valence-corrected chi connectivity index (χ4v) is 5.38. The van der Waals surface area contributed by atoms with E-state index in [0.29, 0.717) is 30.4 Å². The third kappa shape index (κ3) is 4.78. The topological polar surface area (TPSA) is 93.6 Å². The Bertz CT molecular complexity index is 1360. The second-order valence-electron chi connectivity index (χ2n) is 7.50. The number of aromatic carboxylic acids is 1. The zero-order valence-electron chi connectivity index (χ0n) is 19.0. The zero-order chi connectivity index (χ0) is 24.2. The third-order valence-electron chi connectivity index (χ3n) is 5.43. The molecule has 176 valence electrons. The Hall–Kier alpha value is -3.36. The molecule has 0 aliphatic rings. The number of thiophene rings is 1. The van der Waals surface area contributed by atoms with Crippen molar-refractivity contribution in [3.63, 3.8) is 0 Å². The molecule has 0 unspecified atom stereocenters. The van der Waals surface area contributed by atoms with Gasteiger partial charge in [0.05, 0.1) is 24.1 Å². The monoisotopic (exact) mass is 497 g/mol. The highest BCUT2D eigenvalue weighted by atomic mass is 35.5. The lowest BCUT2D eigenvalue weighted by Gasteiger charge is -2.11. The van der Waals surface area contributed by atoms with E-state index in [9.17, 15) is 9.90 Å². The Morgan fingerprint density at radius 1 is 1.18 bits per heavy atom. The van der Waals surface area contributed by atoms with Crippen LogP contribution in [0.3, 0.4) is 0 Å². The van der Waals surface area contributed by atoms with Crippen molar-refractivity contribution in [2.45, 2.75) is 20.3 Å². The minimum atomic E-state index is -1.03. The van der Waals surface area contributed by atoms with Crippen LogP contribution in [0, 0.1) is 6.92 Å². The number of halogens is 1. The van der Waals surface area contributed by atoms with Gasteiger partial charge in [-0.3, -0.25) is 0 Å². The van der Waals surface area contributed by atoms with Crippen molar-refractivity contribution in [3.05, 3.63) is 63.8 Å². The molecule has 9 heteroatoms. The number of hydrogen-bond donors (Lipinski definition) is 2. The van der Waals surface area contributed by atoms with Crippen LogP contribution >= 0.6 is 22.9 Å². The SMILES string of the molecule is CCOc1cc(-c2cc(NCCc3c(C)sc4c(OC)ccc(Cl)c34)ncn2)ccc1C(=O)O. The normalized spacial score (nSPS) is 10.9. The highest BCUT2D eigenvalue weighted by Crippen LogP contribution is 2.41. The van der Waals surface area contributed by atoms with Crippen LogP contribution in [-0.2, 0) is 6.42 Å². The second kappa shape index (κ2) is 10.3. The summed E-state index contributed by atoms with van der Waals surface area (Å²) in [5.41, 5.74) is 2.72. The molecule has 2 aromatic carbocycles. The molecule has 2 aromatic heterocycles. The molecular formula is C25H24ClN3O4S. The molecule has 0 spiro atoms. The number of nitrogens with one attached hydrogen (secondary N) is 1. The van der Waals surface area contributed by atoms with Gasteiger partial charge in [0.15, 0.2) is 0 Å². The van der Waals surface area contributed by atoms with Gasteiger partial charge in [-0.25, -0.2) is 14.8 Å². The van der Waals surface area contributed by atoms with Crippen molar-refractivity contribution in [3.8, 4) is 22.8 Å². The lowest BCUT2D eigenvalue weighted by atomic mass is 10.1. The maximum Gasteiger partial charge on any atom is 0.339 e. The molecule has 0 saturated carbocycles. The number of carboxylic acids is 1. The van der Waals surface area contributed by atoms with E-state index in [1.807, 2.05) is 25.1 Å². The van der Waals surface area contributed by atoms with Crippen LogP contribution in [0.2, 0.25) is 5.02 Å². The fraction of sp³-hybridized carbons (Fsp3) is 0.240. The number of fused-ring (bicyclic) bond motifs is 1. The van der Waals surface area contributed by atoms with Gasteiger partial charge in [0.1, 0.15) is 29.2 Å². The summed E-state index contributed by atoms with van der Waals surface area (Å²) in [6, 6.07) is 10.5. The number of aryl methyl sites for hydroxylation is 1. The van der Waals surface area contributed by atoms with Gasteiger partial charge in [0.25, 0.3) is 0 Å². The number of methoxy groups -OCH3 is 1. The van der Waals surface area contributed by atoms with Gasteiger partial charge in [-0.05, 0) is 50.1 Å². The molecule has 0 bridgehead atoms. The number of anilines is 1. The van der Waals surface area contributed by atoms with Gasteiger partial charge in [-0.15, -0.1) is 11.3 Å². The first-order valence-corrected chi connectivity index (χ1v) is 11.9. The van der Waals surface area contributed by atoms with E-state index in [2.05, 4.69) is 22.2 Å². The van der Waals surface area contributed by atoms with E-state index in [4.69, 9.17) is 21.1 Å². The number of hydrogen-bond acceptors (Lipinski definition) is 7. The molecule has 0 aliphatic carbocycles. The van der Waals surface area contributed by atoms with Crippen molar-refractivity contribution >= 4 is 44.8 Å². The van der Waals surface area contributed by atoms with Crippen LogP contribution in [0.1, 0.15) is 27.7 Å². The lowest BCUT2D eigenvalue weighted by molar-refractivity contribution is 0.0692. The highest BCUT2D eigenvalue weighted by molar-refractivity contribution is 7.19. The van der Waals surface area contributed by atoms with Gasteiger partial charge in [-0.1, -0.05) is 17.7 Å². The van der Waals surface area contributed by atoms with E-state index in [1.54, 1.807) is 30.6 Å². The number of benzene rings is 2. The van der Waals surface area contributed by atoms with Gasteiger partial charge in [0, 0.05) is 33.5 Å². The van der Waals surface area contributed by atoms with E-state index in [1.165, 1.54) is 22.8 Å². The Morgan fingerprint density at radius 2 is 2.00 bits per heavy atom. The minimum Gasteiger partial charge on any atom is -0.495 e. The molecule has 2 heterocycles. The van der Waals surface area contributed by atoms with Crippen molar-refractivity contribution in [1.82, 2.24) is 9.97 Å². The van der Waals surface area contributed by atoms with Crippen LogP contribution < -0.4 is 14.8 Å². The van der Waals surface area contributed by atoms with Crippen molar-refractivity contribution in [2.24, 2.45) is 0 Å². The van der Waals surface area contributed by atoms with Gasteiger partial charge in [0.2, 0.25) is 0 Å². The van der Waals surface area contributed by atoms with Crippen molar-refractivity contribution in [2.75, 3.05) is 25.6 Å². The number of carboxylic acid groups (broad SMARTS) is 1. The van der Waals surface area contributed by atoms with Crippen molar-refractivity contribution < 1.29 is 19.4 Å². The zero-order valence-corrected chi connectivity index (χ0v) is 20.6. The van der Waals surface area contributed by atoms with Crippen LogP contribution in [0.15, 0.2) is 42.7 Å². The van der Waals surface area contributed by atoms with Crippen molar-refractivity contribution in [1.29, 1.82) is 0 Å². The number of nitrogens with zero attached hydrogens (tertiary/aromatic N) is 2. The Kier molecular flexibility index (Phi) is 7.19. The first-order valence-electron chi connectivity index (χ1n) is 10.7. The predicted molar refractivity (Wildman–Crippen MR) is 136 cm³/mol. The molecular weight excluding hydrogens is 474 g/mol. The summed E-state index contributed by atoms with van der Waals surface area (Å²) in [6.07, 6.45) is 2.25. The first kappa shape index (κ1) is 23.8. The highest BCUT2D eigenvalue weighted by Gasteiger charge is 2.16. The average Bonchev–Trinajstić information content (AvgIpc) is 3.16. The van der Waals surface area contributed by atoms with Crippen LogP contribution in [0.25, 0.3) is 21.3 Å². The number of ether oxygens (including phenoxy) is 2. The van der Waals surface area contributed by atoms with Crippen LogP contribution in [0.5, 0.6) is 11.5 Å². The first-order chi connectivity index (χ1) is 16.4. The molecule has 0 radical (unpaired) electrons. The Balaban J connectivity index is 1.53. The summed E-state index contributed by atoms with van der Waals surface area (Å²) >= 11 is 8.20. The summed E-state index contributed by atoms with van der Waals surface area (Å²) < 4.78 is 12.1. The summed E-state index contributed by atoms with van der Waals surface area (Å²) in [6.45, 7) is 4.92. The molecule has 2 N–H and O–H groups in total. The molecule has 0 aliphatic heterocycles. The lowest BCUT2D eigenvalue weighted by Crippen LogP contribution is -2.07. The molecule has 0 fully saturated rings. The summed E-state index contributed by atoms with van der Waals surface area (Å²) in [4.78, 5) is 21.3. The molecule has 4 aromatic rings. The van der Waals surface area contributed by atoms with Crippen LogP contribution in [0.4, 0.5) is 5.82 Å². The quantitative estimate of drug-likeness (QED) is 0.289. The molecule has 0 atom stereocenters. The molecule has 0 saturated heterocycles. The summed E-state index contributed by atoms with van der Waals surface area (Å²) in [5, 5.41) is 14.5. The number of rotatable bonds is 9. The maximum atomic E-state index is 11.4. The predicted octanol–water partition coefficient (Wildman–Crippen LogP) is 6.08. The largest absolute Gasteiger partial charge is 0.495 e. The molecule has 0 amide bonds. The van der Waals surface area contributed by atoms with E-state index in [0.717, 1.165) is 32.8 Å². The standard InChI is InChI=1S/C25H24ClN3O4S/c1-4-33-21-11-15(5-6-17(21)25(30)31)19-12-22(29-13-28-19)27-10-9-16-14(2)34-24-20(32-3)8-7-18(26)23(16)24/h5-8,11-13H,4,9-10H2,1-3H3,(H,30,31)(H,27,28,29). The minimum absolute atomic E-state index is 0.117. The third-order valence-corrected chi connectivity index (χ3v) is 6.91. The fourth-order valence-electron chi connectivity index (χ4n) is 3.84. The smallest absolute Gasteiger partial charge is 0.339 e. The Morgan fingerprint density at radius 3 is 2.74 bits per heavy atom. The molecule has 34 heavy (non-hydrogen) atoms.